The first-order valence-electron chi connectivity index (χ1n) is 4.90. The lowest BCUT2D eigenvalue weighted by atomic mass is 10.0. The Hall–Kier alpha value is -0.800. The number of allylic oxidation sites excluding steroid dienone is 1. The van der Waals surface area contributed by atoms with Crippen LogP contribution in [0.25, 0.3) is 0 Å². The molecule has 0 bridgehead atoms. The molecule has 0 aromatic carbocycles. The topological polar surface area (TPSA) is 35.2 Å². The zero-order valence-corrected chi connectivity index (χ0v) is 9.14. The molecule has 3 heteroatoms. The van der Waals surface area contributed by atoms with Crippen molar-refractivity contribution in [2.75, 3.05) is 6.61 Å². The maximum Gasteiger partial charge on any atom is 0.113 e. The molecular formula is C11H15NOS. The Bertz CT molecular complexity index is 343. The molecule has 1 aromatic rings. The third-order valence-corrected chi connectivity index (χ3v) is 3.38. The van der Waals surface area contributed by atoms with Gasteiger partial charge in [-0.3, -0.25) is 0 Å². The second-order valence-corrected chi connectivity index (χ2v) is 4.33. The highest BCUT2D eigenvalue weighted by atomic mass is 32.1. The summed E-state index contributed by atoms with van der Waals surface area (Å²) in [6.45, 7) is 2.90. The van der Waals surface area contributed by atoms with Gasteiger partial charge in [0.15, 0.2) is 0 Å². The van der Waals surface area contributed by atoms with E-state index in [2.05, 4.69) is 23.8 Å². The summed E-state index contributed by atoms with van der Waals surface area (Å²) in [5.74, 6) is 0.942. The molecule has 2 nitrogen and oxygen atoms in total. The van der Waals surface area contributed by atoms with Gasteiger partial charge in [0.1, 0.15) is 5.76 Å². The molecule has 1 aliphatic heterocycles. The van der Waals surface area contributed by atoms with Gasteiger partial charge in [0, 0.05) is 0 Å². The van der Waals surface area contributed by atoms with Crippen molar-refractivity contribution in [3.63, 3.8) is 0 Å². The molecule has 1 atom stereocenters. The molecule has 2 N–H and O–H groups in total. The van der Waals surface area contributed by atoms with Crippen LogP contribution >= 0.6 is 11.3 Å². The molecule has 1 unspecified atom stereocenters. The highest BCUT2D eigenvalue weighted by Gasteiger charge is 2.17. The predicted molar refractivity (Wildman–Crippen MR) is 59.3 cm³/mol. The minimum atomic E-state index is -0.0680. The van der Waals surface area contributed by atoms with E-state index in [1.807, 2.05) is 0 Å². The molecule has 0 radical (unpaired) electrons. The Morgan fingerprint density at radius 2 is 2.36 bits per heavy atom. The minimum Gasteiger partial charge on any atom is -0.496 e. The van der Waals surface area contributed by atoms with E-state index < -0.39 is 0 Å². The van der Waals surface area contributed by atoms with E-state index in [-0.39, 0.29) is 6.04 Å². The quantitative estimate of drug-likeness (QED) is 0.813. The van der Waals surface area contributed by atoms with Gasteiger partial charge in [0.05, 0.1) is 12.6 Å². The van der Waals surface area contributed by atoms with Crippen molar-refractivity contribution in [3.8, 4) is 0 Å². The van der Waals surface area contributed by atoms with Gasteiger partial charge in [-0.25, -0.2) is 0 Å². The predicted octanol–water partition coefficient (Wildman–Crippen LogP) is 2.75. The summed E-state index contributed by atoms with van der Waals surface area (Å²) >= 11 is 1.70. The van der Waals surface area contributed by atoms with Crippen LogP contribution in [0.15, 0.2) is 22.6 Å². The fraction of sp³-hybridized carbons (Fsp3) is 0.455. The van der Waals surface area contributed by atoms with Gasteiger partial charge in [-0.2, -0.15) is 11.3 Å². The number of hydrogen-bond acceptors (Lipinski definition) is 3. The van der Waals surface area contributed by atoms with Crippen LogP contribution in [0, 0.1) is 6.92 Å². The van der Waals surface area contributed by atoms with Crippen LogP contribution in [0.1, 0.15) is 30.0 Å². The lowest BCUT2D eigenvalue weighted by Gasteiger charge is -2.20. The summed E-state index contributed by atoms with van der Waals surface area (Å²) in [4.78, 5) is 0. The molecule has 0 spiro atoms. The number of ether oxygens (including phenoxy) is 1. The van der Waals surface area contributed by atoms with Crippen molar-refractivity contribution in [2.45, 2.75) is 25.8 Å². The number of aryl methyl sites for hydroxylation is 1. The second-order valence-electron chi connectivity index (χ2n) is 3.58. The monoisotopic (exact) mass is 209 g/mol. The van der Waals surface area contributed by atoms with E-state index >= 15 is 0 Å². The van der Waals surface area contributed by atoms with Gasteiger partial charge in [0.25, 0.3) is 0 Å². The smallest absolute Gasteiger partial charge is 0.113 e. The van der Waals surface area contributed by atoms with Crippen LogP contribution in [-0.2, 0) is 4.74 Å². The van der Waals surface area contributed by atoms with E-state index in [4.69, 9.17) is 10.5 Å². The lowest BCUT2D eigenvalue weighted by molar-refractivity contribution is 0.176. The Kier molecular flexibility index (Phi) is 2.89. The SMILES string of the molecule is Cc1cscc1C(N)C1=CCCCO1. The molecule has 0 aliphatic carbocycles. The van der Waals surface area contributed by atoms with Crippen LogP contribution in [0.2, 0.25) is 0 Å². The van der Waals surface area contributed by atoms with Gasteiger partial charge < -0.3 is 10.5 Å². The van der Waals surface area contributed by atoms with E-state index in [0.717, 1.165) is 25.2 Å². The Labute approximate surface area is 88.4 Å². The highest BCUT2D eigenvalue weighted by molar-refractivity contribution is 7.08. The number of rotatable bonds is 2. The Morgan fingerprint density at radius 1 is 1.50 bits per heavy atom. The van der Waals surface area contributed by atoms with Gasteiger partial charge in [-0.05, 0) is 47.7 Å². The van der Waals surface area contributed by atoms with Crippen molar-refractivity contribution in [1.29, 1.82) is 0 Å². The van der Waals surface area contributed by atoms with Crippen LogP contribution in [0.5, 0.6) is 0 Å². The molecule has 0 saturated heterocycles. The molecule has 0 saturated carbocycles. The fourth-order valence-corrected chi connectivity index (χ4v) is 2.52. The third-order valence-electron chi connectivity index (χ3n) is 2.50. The average Bonchev–Trinajstić information content (AvgIpc) is 2.65. The third kappa shape index (κ3) is 1.83. The van der Waals surface area contributed by atoms with E-state index in [1.54, 1.807) is 11.3 Å². The molecule has 1 aromatic heterocycles. The first kappa shape index (κ1) is 9.74. The van der Waals surface area contributed by atoms with Crippen molar-refractivity contribution in [2.24, 2.45) is 5.73 Å². The minimum absolute atomic E-state index is 0.0680. The maximum absolute atomic E-state index is 6.13. The first-order valence-corrected chi connectivity index (χ1v) is 5.84. The molecule has 1 aliphatic rings. The number of hydrogen-bond donors (Lipinski definition) is 1. The maximum atomic E-state index is 6.13. The summed E-state index contributed by atoms with van der Waals surface area (Å²) in [5, 5.41) is 4.23. The van der Waals surface area contributed by atoms with Crippen LogP contribution in [-0.4, -0.2) is 6.61 Å². The number of thiophene rings is 1. The second kappa shape index (κ2) is 4.15. The van der Waals surface area contributed by atoms with Crippen molar-refractivity contribution in [3.05, 3.63) is 33.7 Å². The zero-order valence-electron chi connectivity index (χ0n) is 8.32. The van der Waals surface area contributed by atoms with Gasteiger partial charge in [-0.15, -0.1) is 0 Å². The molecule has 76 valence electrons. The van der Waals surface area contributed by atoms with Crippen molar-refractivity contribution >= 4 is 11.3 Å². The highest BCUT2D eigenvalue weighted by Crippen LogP contribution is 2.28. The first-order chi connectivity index (χ1) is 6.79. The normalized spacial score (nSPS) is 18.6. The Balaban J connectivity index is 2.19. The van der Waals surface area contributed by atoms with Gasteiger partial charge in [-0.1, -0.05) is 0 Å². The van der Waals surface area contributed by atoms with Gasteiger partial charge in [0.2, 0.25) is 0 Å². The van der Waals surface area contributed by atoms with Crippen molar-refractivity contribution < 1.29 is 4.74 Å². The summed E-state index contributed by atoms with van der Waals surface area (Å²) in [5.41, 5.74) is 8.59. The van der Waals surface area contributed by atoms with Crippen molar-refractivity contribution in [1.82, 2.24) is 0 Å². The number of nitrogens with two attached hydrogens (primary N) is 1. The van der Waals surface area contributed by atoms with Crippen LogP contribution in [0.4, 0.5) is 0 Å². The molecule has 14 heavy (non-hydrogen) atoms. The Morgan fingerprint density at radius 3 is 2.93 bits per heavy atom. The fourth-order valence-electron chi connectivity index (χ4n) is 1.64. The van der Waals surface area contributed by atoms with Gasteiger partial charge >= 0.3 is 0 Å². The zero-order chi connectivity index (χ0) is 9.97. The summed E-state index contributed by atoms with van der Waals surface area (Å²) in [7, 11) is 0. The lowest BCUT2D eigenvalue weighted by Crippen LogP contribution is -2.18. The summed E-state index contributed by atoms with van der Waals surface area (Å²) < 4.78 is 5.56. The molecular weight excluding hydrogens is 194 g/mol. The average molecular weight is 209 g/mol. The van der Waals surface area contributed by atoms with E-state index in [1.165, 1.54) is 11.1 Å². The van der Waals surface area contributed by atoms with E-state index in [0.29, 0.717) is 0 Å². The van der Waals surface area contributed by atoms with Crippen LogP contribution < -0.4 is 5.73 Å². The van der Waals surface area contributed by atoms with E-state index in [9.17, 15) is 0 Å². The standard InChI is InChI=1S/C11H15NOS/c1-8-6-14-7-9(8)11(12)10-4-2-3-5-13-10/h4,6-7,11H,2-3,5,12H2,1H3. The molecule has 2 heterocycles. The summed E-state index contributed by atoms with van der Waals surface area (Å²) in [6.07, 6.45) is 4.32. The van der Waals surface area contributed by atoms with Crippen LogP contribution in [0.3, 0.4) is 0 Å². The molecule has 0 amide bonds. The summed E-state index contributed by atoms with van der Waals surface area (Å²) in [6, 6.07) is -0.0680. The largest absolute Gasteiger partial charge is 0.496 e. The molecule has 0 fully saturated rings. The molecule has 2 rings (SSSR count).